The molecule has 21 heavy (non-hydrogen) atoms. The second-order valence-electron chi connectivity index (χ2n) is 6.07. The van der Waals surface area contributed by atoms with Gasteiger partial charge in [0.05, 0.1) is 17.5 Å². The van der Waals surface area contributed by atoms with Gasteiger partial charge >= 0.3 is 0 Å². The van der Waals surface area contributed by atoms with E-state index < -0.39 is 0 Å². The van der Waals surface area contributed by atoms with Gasteiger partial charge in [0.2, 0.25) is 0 Å². The second kappa shape index (κ2) is 4.52. The average Bonchev–Trinajstić information content (AvgIpc) is 2.55. The average molecular weight is 295 g/mol. The number of benzene rings is 2. The minimum Gasteiger partial charge on any atom is -0.373 e. The molecular formula is C18H17NOS. The summed E-state index contributed by atoms with van der Waals surface area (Å²) in [6.07, 6.45) is 2.77. The van der Waals surface area contributed by atoms with Gasteiger partial charge in [0, 0.05) is 34.4 Å². The van der Waals surface area contributed by atoms with Gasteiger partial charge in [-0.25, -0.2) is 0 Å². The molecule has 106 valence electrons. The van der Waals surface area contributed by atoms with E-state index in [1.54, 1.807) is 0 Å². The predicted molar refractivity (Wildman–Crippen MR) is 85.4 cm³/mol. The Kier molecular flexibility index (Phi) is 2.61. The zero-order chi connectivity index (χ0) is 13.8. The normalized spacial score (nSPS) is 25.8. The van der Waals surface area contributed by atoms with Gasteiger partial charge in [-0.05, 0) is 31.0 Å². The van der Waals surface area contributed by atoms with Gasteiger partial charge in [0.15, 0.2) is 0 Å². The lowest BCUT2D eigenvalue weighted by atomic mass is 9.84. The molecule has 1 fully saturated rings. The molecule has 3 aliphatic heterocycles. The Morgan fingerprint density at radius 2 is 1.95 bits per heavy atom. The van der Waals surface area contributed by atoms with Gasteiger partial charge in [0.25, 0.3) is 0 Å². The Hall–Kier alpha value is -1.45. The monoisotopic (exact) mass is 295 g/mol. The standard InChI is InChI=1S/C18H17NOS/c1-2-8-15-14(7-1)19-11-12-5-4-10-20-18(12)13-6-3-9-16(21-15)17(13)19/h1-3,6-9,12,18H,4-5,10-11H2/t12-,18-/m0/s1. The smallest absolute Gasteiger partial charge is 0.0890 e. The van der Waals surface area contributed by atoms with Crippen molar-refractivity contribution in [3.63, 3.8) is 0 Å². The molecule has 0 saturated carbocycles. The van der Waals surface area contributed by atoms with Crippen LogP contribution in [-0.2, 0) is 4.74 Å². The molecule has 0 radical (unpaired) electrons. The highest BCUT2D eigenvalue weighted by molar-refractivity contribution is 7.99. The van der Waals surface area contributed by atoms with Gasteiger partial charge in [-0.2, -0.15) is 0 Å². The number of nitrogens with zero attached hydrogens (tertiary/aromatic N) is 1. The fraction of sp³-hybridized carbons (Fsp3) is 0.333. The van der Waals surface area contributed by atoms with Crippen LogP contribution in [0.15, 0.2) is 52.3 Å². The van der Waals surface area contributed by atoms with Crippen LogP contribution in [0.5, 0.6) is 0 Å². The van der Waals surface area contributed by atoms with Crippen LogP contribution < -0.4 is 4.90 Å². The Morgan fingerprint density at radius 3 is 2.95 bits per heavy atom. The SMILES string of the molecule is c1ccc2c(c1)Sc1cccc3c1N2C[C@@H]1CCCO[C@H]31. The highest BCUT2D eigenvalue weighted by atomic mass is 32.2. The van der Waals surface area contributed by atoms with Gasteiger partial charge in [-0.1, -0.05) is 36.0 Å². The number of hydrogen-bond donors (Lipinski definition) is 0. The molecule has 2 aromatic rings. The highest BCUT2D eigenvalue weighted by Gasteiger charge is 2.39. The first kappa shape index (κ1) is 12.1. The lowest BCUT2D eigenvalue weighted by Crippen LogP contribution is -2.39. The van der Waals surface area contributed by atoms with Crippen molar-refractivity contribution >= 4 is 23.1 Å². The topological polar surface area (TPSA) is 12.5 Å². The quantitative estimate of drug-likeness (QED) is 0.694. The summed E-state index contributed by atoms with van der Waals surface area (Å²) in [5.41, 5.74) is 4.15. The third kappa shape index (κ3) is 1.71. The van der Waals surface area contributed by atoms with Crippen molar-refractivity contribution in [2.45, 2.75) is 28.7 Å². The molecule has 3 heterocycles. The second-order valence-corrected chi connectivity index (χ2v) is 7.15. The largest absolute Gasteiger partial charge is 0.373 e. The molecule has 0 unspecified atom stereocenters. The van der Waals surface area contributed by atoms with Crippen molar-refractivity contribution in [1.29, 1.82) is 0 Å². The molecule has 1 saturated heterocycles. The van der Waals surface area contributed by atoms with Crippen LogP contribution in [0.3, 0.4) is 0 Å². The lowest BCUT2D eigenvalue weighted by Gasteiger charge is -2.46. The maximum atomic E-state index is 6.13. The van der Waals surface area contributed by atoms with Crippen LogP contribution >= 0.6 is 11.8 Å². The molecule has 0 bridgehead atoms. The minimum absolute atomic E-state index is 0.302. The van der Waals surface area contributed by atoms with Crippen molar-refractivity contribution in [3.8, 4) is 0 Å². The van der Waals surface area contributed by atoms with E-state index in [1.807, 2.05) is 11.8 Å². The zero-order valence-electron chi connectivity index (χ0n) is 11.8. The third-order valence-corrected chi connectivity index (χ3v) is 5.96. The lowest BCUT2D eigenvalue weighted by molar-refractivity contribution is -0.0285. The Balaban J connectivity index is 1.73. The van der Waals surface area contributed by atoms with Crippen molar-refractivity contribution in [2.75, 3.05) is 18.1 Å². The van der Waals surface area contributed by atoms with E-state index in [-0.39, 0.29) is 0 Å². The van der Waals surface area contributed by atoms with Crippen LogP contribution in [0, 0.1) is 5.92 Å². The Bertz CT molecular complexity index is 714. The first-order valence-electron chi connectivity index (χ1n) is 7.71. The molecule has 0 spiro atoms. The number of anilines is 2. The van der Waals surface area contributed by atoms with E-state index in [1.165, 1.54) is 39.6 Å². The number of hydrogen-bond acceptors (Lipinski definition) is 3. The van der Waals surface area contributed by atoms with Crippen LogP contribution in [0.25, 0.3) is 0 Å². The number of rotatable bonds is 0. The first-order chi connectivity index (χ1) is 10.4. The van der Waals surface area contributed by atoms with Crippen LogP contribution in [-0.4, -0.2) is 13.2 Å². The molecule has 2 aromatic carbocycles. The van der Waals surface area contributed by atoms with Crippen LogP contribution in [0.2, 0.25) is 0 Å². The summed E-state index contributed by atoms with van der Waals surface area (Å²) >= 11 is 1.89. The van der Waals surface area contributed by atoms with E-state index in [4.69, 9.17) is 4.74 Å². The molecule has 2 nitrogen and oxygen atoms in total. The maximum Gasteiger partial charge on any atom is 0.0890 e. The van der Waals surface area contributed by atoms with Gasteiger partial charge in [0.1, 0.15) is 0 Å². The predicted octanol–water partition coefficient (Wildman–Crippen LogP) is 4.77. The van der Waals surface area contributed by atoms with Gasteiger partial charge in [-0.15, -0.1) is 0 Å². The van der Waals surface area contributed by atoms with Crippen molar-refractivity contribution in [2.24, 2.45) is 5.92 Å². The van der Waals surface area contributed by atoms with E-state index in [9.17, 15) is 0 Å². The summed E-state index contributed by atoms with van der Waals surface area (Å²) in [5, 5.41) is 0. The van der Waals surface area contributed by atoms with Crippen molar-refractivity contribution < 1.29 is 4.74 Å². The highest BCUT2D eigenvalue weighted by Crippen LogP contribution is 2.55. The molecule has 0 N–H and O–H groups in total. The summed E-state index contributed by atoms with van der Waals surface area (Å²) in [4.78, 5) is 5.28. The summed E-state index contributed by atoms with van der Waals surface area (Å²) < 4.78 is 6.13. The van der Waals surface area contributed by atoms with Gasteiger partial charge < -0.3 is 9.64 Å². The summed E-state index contributed by atoms with van der Waals surface area (Å²) in [7, 11) is 0. The van der Waals surface area contributed by atoms with Crippen LogP contribution in [0.1, 0.15) is 24.5 Å². The number of para-hydroxylation sites is 2. The number of ether oxygens (including phenoxy) is 1. The zero-order valence-corrected chi connectivity index (χ0v) is 12.6. The van der Waals surface area contributed by atoms with Crippen molar-refractivity contribution in [3.05, 3.63) is 48.0 Å². The molecular weight excluding hydrogens is 278 g/mol. The maximum absolute atomic E-state index is 6.13. The van der Waals surface area contributed by atoms with E-state index >= 15 is 0 Å². The summed E-state index contributed by atoms with van der Waals surface area (Å²) in [6, 6.07) is 15.5. The van der Waals surface area contributed by atoms with E-state index in [2.05, 4.69) is 47.4 Å². The molecule has 2 atom stereocenters. The van der Waals surface area contributed by atoms with Crippen molar-refractivity contribution in [1.82, 2.24) is 0 Å². The molecule has 0 aromatic heterocycles. The van der Waals surface area contributed by atoms with E-state index in [0.29, 0.717) is 12.0 Å². The number of fused-ring (bicyclic) bond motifs is 4. The van der Waals surface area contributed by atoms with E-state index in [0.717, 1.165) is 13.2 Å². The fourth-order valence-corrected chi connectivity index (χ4v) is 5.08. The van der Waals surface area contributed by atoms with Gasteiger partial charge in [-0.3, -0.25) is 0 Å². The molecule has 3 heteroatoms. The third-order valence-electron chi connectivity index (χ3n) is 4.84. The Labute approximate surface area is 129 Å². The molecule has 0 amide bonds. The summed E-state index contributed by atoms with van der Waals surface area (Å²) in [6.45, 7) is 2.00. The minimum atomic E-state index is 0.302. The Morgan fingerprint density at radius 1 is 1.05 bits per heavy atom. The summed E-state index contributed by atoms with van der Waals surface area (Å²) in [5.74, 6) is 0.623. The molecule has 3 aliphatic rings. The first-order valence-corrected chi connectivity index (χ1v) is 8.52. The fourth-order valence-electron chi connectivity index (χ4n) is 3.94. The van der Waals surface area contributed by atoms with Crippen LogP contribution in [0.4, 0.5) is 11.4 Å². The molecule has 5 rings (SSSR count). The molecule has 0 aliphatic carbocycles.